The maximum atomic E-state index is 13.3. The second kappa shape index (κ2) is 23.5. The number of rotatable bonds is 12. The van der Waals surface area contributed by atoms with Crippen LogP contribution in [0, 0.1) is 5.82 Å². The number of benzene rings is 4. The van der Waals surface area contributed by atoms with Crippen LogP contribution in [0.25, 0.3) is 34.0 Å². The molecule has 6 heterocycles. The Morgan fingerprint density at radius 3 is 1.47 bits per heavy atom. The minimum atomic E-state index is -1.20. The molecule has 4 fully saturated rings. The van der Waals surface area contributed by atoms with Crippen molar-refractivity contribution < 1.29 is 34.4 Å². The lowest BCUT2D eigenvalue weighted by atomic mass is 9.84. The zero-order valence-electron chi connectivity index (χ0n) is 41.2. The summed E-state index contributed by atoms with van der Waals surface area (Å²) in [5.41, 5.74) is 4.12. The highest BCUT2D eigenvalue weighted by atomic mass is 35.5. The number of hydrogen-bond donors (Lipinski definition) is 6. The van der Waals surface area contributed by atoms with E-state index in [-0.39, 0.29) is 17.6 Å². The van der Waals surface area contributed by atoms with Gasteiger partial charge < -0.3 is 50.0 Å². The number of fused-ring (bicyclic) bond motifs is 2. The van der Waals surface area contributed by atoms with E-state index in [4.69, 9.17) is 23.2 Å². The van der Waals surface area contributed by atoms with Crippen LogP contribution in [0.2, 0.25) is 10.0 Å². The van der Waals surface area contributed by atoms with Gasteiger partial charge in [0.2, 0.25) is 11.8 Å². The first-order chi connectivity index (χ1) is 35.2. The topological polar surface area (TPSA) is 160 Å². The molecule has 0 saturated carbocycles. The number of aromatic amines is 2. The van der Waals surface area contributed by atoms with Gasteiger partial charge in [-0.15, -0.1) is 0 Å². The van der Waals surface area contributed by atoms with Crippen LogP contribution in [0.1, 0.15) is 85.5 Å². The van der Waals surface area contributed by atoms with Crippen LogP contribution in [0.15, 0.2) is 116 Å². The average molecular weight is 1030 g/mol. The van der Waals surface area contributed by atoms with Gasteiger partial charge in [0, 0.05) is 85.6 Å². The Balaban J connectivity index is 0.000000180. The number of aromatic nitrogens is 2. The molecule has 386 valence electrons. The van der Waals surface area contributed by atoms with Gasteiger partial charge in [0.05, 0.1) is 33.5 Å². The first-order valence-corrected chi connectivity index (χ1v) is 26.5. The molecule has 12 nitrogen and oxygen atoms in total. The average Bonchev–Trinajstić information content (AvgIpc) is 4.05. The Kier molecular flexibility index (Phi) is 16.9. The Morgan fingerprint density at radius 2 is 1.03 bits per heavy atom. The maximum Gasteiger partial charge on any atom is 0.246 e. The van der Waals surface area contributed by atoms with Crippen LogP contribution in [-0.4, -0.2) is 151 Å². The number of carbonyl (C=O) groups is 2. The van der Waals surface area contributed by atoms with E-state index in [0.29, 0.717) is 92.4 Å². The minimum Gasteiger partial charge on any atom is -0.389 e. The van der Waals surface area contributed by atoms with Crippen LogP contribution in [0.4, 0.5) is 4.39 Å². The SMILES string of the molecule is O=C(/C=C/c1ccc(Cl)c(Cl)c1)N1CCC(O)(C(O)CN2CCC(c3c[nH]c4ccccc34)CC2)CC1.O=C(/C=C/c1cccc(F)c1)N1CCC(O)(C(O)CN2CCC(c3c[nH]c4ccccc34)CC2)CC1. The number of nitrogens with one attached hydrogen (secondary N) is 2. The van der Waals surface area contributed by atoms with Crippen LogP contribution < -0.4 is 0 Å². The van der Waals surface area contributed by atoms with E-state index in [9.17, 15) is 34.4 Å². The fourth-order valence-electron chi connectivity index (χ4n) is 11.2. The van der Waals surface area contributed by atoms with Crippen LogP contribution in [-0.2, 0) is 9.59 Å². The number of para-hydroxylation sites is 2. The largest absolute Gasteiger partial charge is 0.389 e. The molecule has 15 heteroatoms. The lowest BCUT2D eigenvalue weighted by Gasteiger charge is -2.43. The molecule has 0 spiro atoms. The molecule has 0 bridgehead atoms. The van der Waals surface area contributed by atoms with Gasteiger partial charge in [-0.3, -0.25) is 9.59 Å². The fraction of sp³-hybridized carbons (Fsp3) is 0.414. The summed E-state index contributed by atoms with van der Waals surface area (Å²) in [6.45, 7) is 5.99. The van der Waals surface area contributed by atoms with E-state index in [1.807, 2.05) is 12.1 Å². The molecule has 4 aliphatic rings. The smallest absolute Gasteiger partial charge is 0.246 e. The molecule has 2 unspecified atom stereocenters. The number of H-pyrrole nitrogens is 2. The molecule has 2 aromatic heterocycles. The Labute approximate surface area is 436 Å². The van der Waals surface area contributed by atoms with Crippen molar-refractivity contribution in [3.05, 3.63) is 154 Å². The predicted molar refractivity (Wildman–Crippen MR) is 288 cm³/mol. The fourth-order valence-corrected chi connectivity index (χ4v) is 11.5. The first kappa shape index (κ1) is 52.5. The molecule has 4 aliphatic heterocycles. The Bertz CT molecular complexity index is 2890. The van der Waals surface area contributed by atoms with Crippen molar-refractivity contribution in [3.8, 4) is 0 Å². The van der Waals surface area contributed by atoms with E-state index < -0.39 is 23.4 Å². The second-order valence-corrected chi connectivity index (χ2v) is 21.3. The van der Waals surface area contributed by atoms with Crippen LogP contribution in [0.3, 0.4) is 0 Å². The molecule has 6 N–H and O–H groups in total. The van der Waals surface area contributed by atoms with Crippen molar-refractivity contribution in [1.29, 1.82) is 0 Å². The molecule has 4 aromatic carbocycles. The van der Waals surface area contributed by atoms with Gasteiger partial charge >= 0.3 is 0 Å². The second-order valence-electron chi connectivity index (χ2n) is 20.5. The maximum absolute atomic E-state index is 13.3. The molecule has 0 aliphatic carbocycles. The van der Waals surface area contributed by atoms with Crippen molar-refractivity contribution in [2.24, 2.45) is 0 Å². The molecule has 6 aromatic rings. The van der Waals surface area contributed by atoms with Crippen molar-refractivity contribution >= 4 is 69.0 Å². The number of aliphatic hydroxyl groups is 4. The third-order valence-corrected chi connectivity index (χ3v) is 16.7. The predicted octanol–water partition coefficient (Wildman–Crippen LogP) is 9.00. The van der Waals surface area contributed by atoms with E-state index in [0.717, 1.165) is 57.4 Å². The van der Waals surface area contributed by atoms with Gasteiger partial charge in [-0.2, -0.15) is 0 Å². The Hall–Kier alpha value is -5.35. The van der Waals surface area contributed by atoms with Gasteiger partial charge in [-0.05, 0) is 160 Å². The summed E-state index contributed by atoms with van der Waals surface area (Å²) in [6.07, 6.45) is 14.3. The molecule has 0 radical (unpaired) electrons. The molecule has 10 rings (SSSR count). The number of piperidine rings is 4. The number of halogens is 3. The van der Waals surface area contributed by atoms with Crippen molar-refractivity contribution in [3.63, 3.8) is 0 Å². The summed E-state index contributed by atoms with van der Waals surface area (Å²) >= 11 is 12.0. The molecular formula is C58H67Cl2FN6O6. The zero-order chi connectivity index (χ0) is 51.1. The summed E-state index contributed by atoms with van der Waals surface area (Å²) in [6, 6.07) is 28.1. The van der Waals surface area contributed by atoms with Gasteiger partial charge in [-0.25, -0.2) is 4.39 Å². The van der Waals surface area contributed by atoms with E-state index in [1.165, 1.54) is 57.2 Å². The summed E-state index contributed by atoms with van der Waals surface area (Å²) in [5, 5.41) is 47.7. The number of hydrogen-bond acceptors (Lipinski definition) is 8. The highest BCUT2D eigenvalue weighted by Gasteiger charge is 2.42. The summed E-state index contributed by atoms with van der Waals surface area (Å²) < 4.78 is 13.3. The minimum absolute atomic E-state index is 0.123. The van der Waals surface area contributed by atoms with Crippen molar-refractivity contribution in [1.82, 2.24) is 29.6 Å². The third-order valence-electron chi connectivity index (χ3n) is 15.9. The number of aliphatic hydroxyl groups excluding tert-OH is 2. The highest BCUT2D eigenvalue weighted by Crippen LogP contribution is 2.36. The van der Waals surface area contributed by atoms with Crippen molar-refractivity contribution in [2.75, 3.05) is 65.4 Å². The molecule has 73 heavy (non-hydrogen) atoms. The van der Waals surface area contributed by atoms with Gasteiger partial charge in [0.25, 0.3) is 0 Å². The number of amides is 2. The lowest BCUT2D eigenvalue weighted by Crippen LogP contribution is -2.56. The summed E-state index contributed by atoms with van der Waals surface area (Å²) in [5.74, 6) is 0.354. The zero-order valence-corrected chi connectivity index (χ0v) is 42.7. The standard InChI is InChI=1S/C29H33Cl2N3O3.C29H34FN3O3/c30-24-7-5-20(17-25(24)31)6-8-28(36)34-15-11-29(37,12-16-34)27(35)19-33-13-9-21(10-14-33)23-18-32-26-4-2-1-3-22(23)26;30-23-5-3-4-21(18-23)8-9-28(35)33-16-12-29(36,13-17-33)27(34)20-32-14-10-22(11-15-32)25-19-31-26-7-2-1-6-24(25)26/h1-8,17-18,21,27,32,35,37H,9-16,19H2;1-9,18-19,22,27,31,34,36H,10-17,20H2/b8-6+;9-8+. The van der Waals surface area contributed by atoms with Crippen LogP contribution in [0.5, 0.6) is 0 Å². The lowest BCUT2D eigenvalue weighted by molar-refractivity contribution is -0.140. The van der Waals surface area contributed by atoms with E-state index in [1.54, 1.807) is 52.3 Å². The third kappa shape index (κ3) is 12.8. The number of β-amino-alcohol motifs (C(OH)–C–C–N with tert-alkyl or cyclic N) is 2. The first-order valence-electron chi connectivity index (χ1n) is 25.8. The highest BCUT2D eigenvalue weighted by molar-refractivity contribution is 6.42. The monoisotopic (exact) mass is 1030 g/mol. The summed E-state index contributed by atoms with van der Waals surface area (Å²) in [4.78, 5) is 39.8. The van der Waals surface area contributed by atoms with E-state index >= 15 is 0 Å². The molecule has 4 saturated heterocycles. The summed E-state index contributed by atoms with van der Waals surface area (Å²) in [7, 11) is 0. The van der Waals surface area contributed by atoms with Crippen molar-refractivity contribution in [2.45, 2.75) is 86.6 Å². The van der Waals surface area contributed by atoms with Gasteiger partial charge in [0.15, 0.2) is 0 Å². The number of nitrogens with zero attached hydrogens (tertiary/aromatic N) is 4. The molecule has 2 amide bonds. The Morgan fingerprint density at radius 1 is 0.589 bits per heavy atom. The van der Waals surface area contributed by atoms with Crippen LogP contribution >= 0.6 is 23.2 Å². The number of likely N-dealkylation sites (tertiary alicyclic amines) is 4. The van der Waals surface area contributed by atoms with Gasteiger partial charge in [0.1, 0.15) is 5.82 Å². The van der Waals surface area contributed by atoms with E-state index in [2.05, 4.69) is 68.6 Å². The molecule has 2 atom stereocenters. The normalized spacial score (nSPS) is 20.2. The quantitative estimate of drug-likeness (QED) is 0.0663. The number of carbonyl (C=O) groups excluding carboxylic acids is 2. The molecular weight excluding hydrogens is 967 g/mol. The van der Waals surface area contributed by atoms with Gasteiger partial charge in [-0.1, -0.05) is 77.8 Å².